The summed E-state index contributed by atoms with van der Waals surface area (Å²) in [6, 6.07) is 12.7. The quantitative estimate of drug-likeness (QED) is 0.735. The lowest BCUT2D eigenvalue weighted by molar-refractivity contribution is 0.0737. The molecule has 0 aliphatic rings. The van der Waals surface area contributed by atoms with Crippen molar-refractivity contribution in [2.75, 3.05) is 7.05 Å². The maximum atomic E-state index is 12.6. The van der Waals surface area contributed by atoms with Gasteiger partial charge in [-0.3, -0.25) is 4.79 Å². The third-order valence-corrected chi connectivity index (χ3v) is 3.70. The summed E-state index contributed by atoms with van der Waals surface area (Å²) in [6.45, 7) is 1.91. The molecule has 0 saturated heterocycles. The van der Waals surface area contributed by atoms with Crippen molar-refractivity contribution < 1.29 is 13.7 Å². The minimum Gasteiger partial charge on any atom is -0.464 e. The molecule has 2 heterocycles. The first kappa shape index (κ1) is 14.1. The first-order valence-electron chi connectivity index (χ1n) is 6.98. The molecule has 0 unspecified atom stereocenters. The standard InChI is InChI=1S/C17H16N2O3/c1-12(15-8-10-22-18-15)19(2)17(20)14-6-3-5-13(11-14)16-7-4-9-21-16/h3-12H,1-2H3/t12-/m1/s1. The Labute approximate surface area is 128 Å². The third kappa shape index (κ3) is 2.65. The molecule has 5 nitrogen and oxygen atoms in total. The van der Waals surface area contributed by atoms with Gasteiger partial charge in [-0.25, -0.2) is 0 Å². The zero-order valence-corrected chi connectivity index (χ0v) is 12.4. The minimum atomic E-state index is -0.168. The molecule has 3 aromatic rings. The monoisotopic (exact) mass is 296 g/mol. The van der Waals surface area contributed by atoms with Gasteiger partial charge in [0.1, 0.15) is 17.7 Å². The second kappa shape index (κ2) is 5.89. The van der Waals surface area contributed by atoms with Crippen LogP contribution in [0, 0.1) is 0 Å². The van der Waals surface area contributed by atoms with Gasteiger partial charge in [0.15, 0.2) is 0 Å². The Morgan fingerprint density at radius 1 is 1.18 bits per heavy atom. The van der Waals surface area contributed by atoms with Crippen LogP contribution in [-0.2, 0) is 0 Å². The molecule has 1 atom stereocenters. The summed E-state index contributed by atoms with van der Waals surface area (Å²) in [4.78, 5) is 14.3. The summed E-state index contributed by atoms with van der Waals surface area (Å²) >= 11 is 0. The van der Waals surface area contributed by atoms with Crippen molar-refractivity contribution in [2.24, 2.45) is 0 Å². The van der Waals surface area contributed by atoms with Crippen LogP contribution in [0.1, 0.15) is 29.0 Å². The van der Waals surface area contributed by atoms with Crippen LogP contribution in [0.25, 0.3) is 11.3 Å². The number of carbonyl (C=O) groups excluding carboxylic acids is 1. The molecular formula is C17H16N2O3. The third-order valence-electron chi connectivity index (χ3n) is 3.70. The first-order chi connectivity index (χ1) is 10.7. The molecule has 0 saturated carbocycles. The predicted molar refractivity (Wildman–Crippen MR) is 81.2 cm³/mol. The van der Waals surface area contributed by atoms with Crippen molar-refractivity contribution in [2.45, 2.75) is 13.0 Å². The van der Waals surface area contributed by atoms with Gasteiger partial charge in [0.2, 0.25) is 0 Å². The summed E-state index contributed by atoms with van der Waals surface area (Å²) in [5.41, 5.74) is 2.20. The highest BCUT2D eigenvalue weighted by Crippen LogP contribution is 2.23. The van der Waals surface area contributed by atoms with Gasteiger partial charge in [-0.05, 0) is 31.2 Å². The van der Waals surface area contributed by atoms with E-state index in [1.807, 2.05) is 37.3 Å². The molecule has 22 heavy (non-hydrogen) atoms. The van der Waals surface area contributed by atoms with Gasteiger partial charge in [0, 0.05) is 24.2 Å². The van der Waals surface area contributed by atoms with Crippen molar-refractivity contribution in [3.63, 3.8) is 0 Å². The molecule has 2 aromatic heterocycles. The topological polar surface area (TPSA) is 59.5 Å². The molecule has 0 radical (unpaired) electrons. The fraction of sp³-hybridized carbons (Fsp3) is 0.176. The maximum absolute atomic E-state index is 12.6. The van der Waals surface area contributed by atoms with Crippen LogP contribution in [-0.4, -0.2) is 23.0 Å². The number of benzene rings is 1. The van der Waals surface area contributed by atoms with E-state index in [9.17, 15) is 4.79 Å². The first-order valence-corrected chi connectivity index (χ1v) is 6.98. The van der Waals surface area contributed by atoms with Crippen LogP contribution in [0.5, 0.6) is 0 Å². The molecule has 0 spiro atoms. The molecule has 0 bridgehead atoms. The van der Waals surface area contributed by atoms with Gasteiger partial charge >= 0.3 is 0 Å². The van der Waals surface area contributed by atoms with Crippen molar-refractivity contribution in [3.05, 3.63) is 66.2 Å². The molecule has 112 valence electrons. The number of amides is 1. The highest BCUT2D eigenvalue weighted by atomic mass is 16.5. The minimum absolute atomic E-state index is 0.0797. The second-order valence-electron chi connectivity index (χ2n) is 5.07. The zero-order valence-electron chi connectivity index (χ0n) is 12.4. The molecule has 0 aliphatic heterocycles. The Bertz CT molecular complexity index is 748. The van der Waals surface area contributed by atoms with Gasteiger partial charge in [0.05, 0.1) is 12.3 Å². The number of carbonyl (C=O) groups is 1. The summed E-state index contributed by atoms with van der Waals surface area (Å²) in [7, 11) is 1.75. The lowest BCUT2D eigenvalue weighted by atomic mass is 10.1. The molecule has 5 heteroatoms. The Morgan fingerprint density at radius 3 is 2.73 bits per heavy atom. The van der Waals surface area contributed by atoms with E-state index in [1.54, 1.807) is 30.3 Å². The second-order valence-corrected chi connectivity index (χ2v) is 5.07. The van der Waals surface area contributed by atoms with E-state index >= 15 is 0 Å². The molecule has 1 amide bonds. The van der Waals surface area contributed by atoms with E-state index < -0.39 is 0 Å². The summed E-state index contributed by atoms with van der Waals surface area (Å²) in [5.74, 6) is 0.658. The van der Waals surface area contributed by atoms with E-state index in [1.165, 1.54) is 6.26 Å². The van der Waals surface area contributed by atoms with Crippen LogP contribution in [0.3, 0.4) is 0 Å². The number of nitrogens with zero attached hydrogens (tertiary/aromatic N) is 2. The summed E-state index contributed by atoms with van der Waals surface area (Å²) in [6.07, 6.45) is 3.12. The predicted octanol–water partition coefficient (Wildman–Crippen LogP) is 3.77. The van der Waals surface area contributed by atoms with E-state index in [-0.39, 0.29) is 11.9 Å². The fourth-order valence-electron chi connectivity index (χ4n) is 2.26. The summed E-state index contributed by atoms with van der Waals surface area (Å²) < 4.78 is 10.2. The molecule has 3 rings (SSSR count). The van der Waals surface area contributed by atoms with Crippen LogP contribution >= 0.6 is 0 Å². The Morgan fingerprint density at radius 2 is 2.05 bits per heavy atom. The van der Waals surface area contributed by atoms with Gasteiger partial charge < -0.3 is 13.8 Å². The van der Waals surface area contributed by atoms with E-state index in [4.69, 9.17) is 8.94 Å². The van der Waals surface area contributed by atoms with Crippen molar-refractivity contribution in [1.29, 1.82) is 0 Å². The average molecular weight is 296 g/mol. The van der Waals surface area contributed by atoms with Crippen LogP contribution < -0.4 is 0 Å². The largest absolute Gasteiger partial charge is 0.464 e. The van der Waals surface area contributed by atoms with Crippen molar-refractivity contribution in [1.82, 2.24) is 10.1 Å². The number of aromatic nitrogens is 1. The number of hydrogen-bond donors (Lipinski definition) is 0. The molecule has 1 aromatic carbocycles. The van der Waals surface area contributed by atoms with Crippen molar-refractivity contribution in [3.8, 4) is 11.3 Å². The lowest BCUT2D eigenvalue weighted by Gasteiger charge is -2.23. The van der Waals surface area contributed by atoms with Gasteiger partial charge in [0.25, 0.3) is 5.91 Å². The lowest BCUT2D eigenvalue weighted by Crippen LogP contribution is -2.29. The molecular weight excluding hydrogens is 280 g/mol. The van der Waals surface area contributed by atoms with Crippen LogP contribution in [0.15, 0.2) is 63.9 Å². The fourth-order valence-corrected chi connectivity index (χ4v) is 2.26. The number of furan rings is 1. The van der Waals surface area contributed by atoms with Gasteiger partial charge in [-0.2, -0.15) is 0 Å². The zero-order chi connectivity index (χ0) is 15.5. The highest BCUT2D eigenvalue weighted by Gasteiger charge is 2.21. The van der Waals surface area contributed by atoms with Crippen LogP contribution in [0.4, 0.5) is 0 Å². The molecule has 0 aliphatic carbocycles. The number of hydrogen-bond acceptors (Lipinski definition) is 4. The Kier molecular flexibility index (Phi) is 3.78. The Hall–Kier alpha value is -2.82. The normalized spacial score (nSPS) is 12.1. The Balaban J connectivity index is 1.84. The summed E-state index contributed by atoms with van der Waals surface area (Å²) in [5, 5.41) is 3.89. The SMILES string of the molecule is C[C@H](c1ccon1)N(C)C(=O)c1cccc(-c2ccco2)c1. The van der Waals surface area contributed by atoms with Crippen molar-refractivity contribution >= 4 is 5.91 Å². The number of rotatable bonds is 4. The highest BCUT2D eigenvalue weighted by molar-refractivity contribution is 5.95. The van der Waals surface area contributed by atoms with Gasteiger partial charge in [-0.15, -0.1) is 0 Å². The van der Waals surface area contributed by atoms with E-state index in [0.29, 0.717) is 5.56 Å². The average Bonchev–Trinajstić information content (AvgIpc) is 3.25. The van der Waals surface area contributed by atoms with E-state index in [2.05, 4.69) is 5.16 Å². The van der Waals surface area contributed by atoms with Gasteiger partial charge in [-0.1, -0.05) is 17.3 Å². The molecule has 0 N–H and O–H groups in total. The van der Waals surface area contributed by atoms with Crippen LogP contribution in [0.2, 0.25) is 0 Å². The maximum Gasteiger partial charge on any atom is 0.254 e. The molecule has 0 fully saturated rings. The smallest absolute Gasteiger partial charge is 0.254 e. The van der Waals surface area contributed by atoms with E-state index in [0.717, 1.165) is 17.0 Å².